The van der Waals surface area contributed by atoms with Gasteiger partial charge in [-0.1, -0.05) is 60.7 Å². The van der Waals surface area contributed by atoms with Crippen molar-refractivity contribution in [3.05, 3.63) is 71.8 Å². The van der Waals surface area contributed by atoms with Crippen LogP contribution in [0.4, 0.5) is 0 Å². The lowest BCUT2D eigenvalue weighted by molar-refractivity contribution is 0.543. The highest BCUT2D eigenvalue weighted by Crippen LogP contribution is 2.41. The molecule has 0 saturated carbocycles. The van der Waals surface area contributed by atoms with Crippen LogP contribution in [-0.2, 0) is 5.41 Å². The van der Waals surface area contributed by atoms with Crippen molar-refractivity contribution in [3.63, 3.8) is 0 Å². The molecule has 1 fully saturated rings. The van der Waals surface area contributed by atoms with Gasteiger partial charge in [-0.25, -0.2) is 0 Å². The highest BCUT2D eigenvalue weighted by Gasteiger charge is 2.44. The normalized spacial score (nSPS) is 17.7. The van der Waals surface area contributed by atoms with Crippen molar-refractivity contribution in [2.45, 2.75) is 11.8 Å². The molecule has 3 rings (SSSR count). The number of hydrogen-bond acceptors (Lipinski definition) is 1. The van der Waals surface area contributed by atoms with Crippen LogP contribution in [0.25, 0.3) is 0 Å². The maximum absolute atomic E-state index is 8.56. The predicted octanol–water partition coefficient (Wildman–Crippen LogP) is 3.29. The van der Waals surface area contributed by atoms with Gasteiger partial charge in [-0.05, 0) is 17.5 Å². The largest absolute Gasteiger partial charge is 0.363 e. The van der Waals surface area contributed by atoms with E-state index in [0.29, 0.717) is 5.84 Å². The second kappa shape index (κ2) is 4.54. The molecule has 2 nitrogen and oxygen atoms in total. The number of likely N-dealkylation sites (N-methyl/N-ethyl adjacent to an activating group) is 1. The second-order valence-electron chi connectivity index (χ2n) is 5.16. The van der Waals surface area contributed by atoms with Crippen LogP contribution in [0.3, 0.4) is 0 Å². The van der Waals surface area contributed by atoms with Gasteiger partial charge in [-0.2, -0.15) is 0 Å². The highest BCUT2D eigenvalue weighted by molar-refractivity contribution is 5.96. The van der Waals surface area contributed by atoms with Gasteiger partial charge in [0.05, 0.1) is 5.41 Å². The Hall–Kier alpha value is -2.09. The molecule has 0 atom stereocenters. The Bertz CT molecular complexity index is 535. The zero-order valence-corrected chi connectivity index (χ0v) is 11.1. The topological polar surface area (TPSA) is 27.1 Å². The molecule has 19 heavy (non-hydrogen) atoms. The van der Waals surface area contributed by atoms with Gasteiger partial charge in [-0.3, -0.25) is 5.41 Å². The molecule has 2 heteroatoms. The fourth-order valence-electron chi connectivity index (χ4n) is 3.07. The van der Waals surface area contributed by atoms with Crippen molar-refractivity contribution in [1.29, 1.82) is 5.41 Å². The van der Waals surface area contributed by atoms with E-state index in [1.807, 2.05) is 19.2 Å². The minimum atomic E-state index is -0.280. The van der Waals surface area contributed by atoms with Crippen LogP contribution in [0, 0.1) is 5.41 Å². The first-order valence-electron chi connectivity index (χ1n) is 6.66. The quantitative estimate of drug-likeness (QED) is 0.870. The molecule has 0 spiro atoms. The lowest BCUT2D eigenvalue weighted by atomic mass is 9.73. The highest BCUT2D eigenvalue weighted by atomic mass is 15.2. The van der Waals surface area contributed by atoms with Crippen LogP contribution in [0.15, 0.2) is 60.7 Å². The Morgan fingerprint density at radius 1 is 0.895 bits per heavy atom. The Morgan fingerprint density at radius 2 is 1.37 bits per heavy atom. The van der Waals surface area contributed by atoms with E-state index in [0.717, 1.165) is 13.0 Å². The number of benzene rings is 2. The SMILES string of the molecule is CN1CCC(c2ccccc2)(c2ccccc2)C1=N. The van der Waals surface area contributed by atoms with E-state index >= 15 is 0 Å². The maximum Gasteiger partial charge on any atom is 0.111 e. The summed E-state index contributed by atoms with van der Waals surface area (Å²) in [6.07, 6.45) is 0.969. The van der Waals surface area contributed by atoms with Gasteiger partial charge in [-0.15, -0.1) is 0 Å². The van der Waals surface area contributed by atoms with Crippen LogP contribution in [0.5, 0.6) is 0 Å². The van der Waals surface area contributed by atoms with Crippen molar-refractivity contribution in [2.75, 3.05) is 13.6 Å². The van der Waals surface area contributed by atoms with Crippen molar-refractivity contribution >= 4 is 5.84 Å². The molecule has 1 aliphatic rings. The maximum atomic E-state index is 8.56. The second-order valence-corrected chi connectivity index (χ2v) is 5.16. The molecule has 2 aromatic rings. The fraction of sp³-hybridized carbons (Fsp3) is 0.235. The summed E-state index contributed by atoms with van der Waals surface area (Å²) in [6.45, 7) is 0.933. The summed E-state index contributed by atoms with van der Waals surface area (Å²) in [5, 5.41) is 8.56. The summed E-state index contributed by atoms with van der Waals surface area (Å²) < 4.78 is 0. The van der Waals surface area contributed by atoms with E-state index in [4.69, 9.17) is 5.41 Å². The van der Waals surface area contributed by atoms with E-state index in [9.17, 15) is 0 Å². The van der Waals surface area contributed by atoms with Gasteiger partial charge in [0.2, 0.25) is 0 Å². The smallest absolute Gasteiger partial charge is 0.111 e. The number of nitrogens with zero attached hydrogens (tertiary/aromatic N) is 1. The molecule has 0 aromatic heterocycles. The van der Waals surface area contributed by atoms with Crippen LogP contribution < -0.4 is 0 Å². The summed E-state index contributed by atoms with van der Waals surface area (Å²) in [6, 6.07) is 20.9. The van der Waals surface area contributed by atoms with E-state index in [2.05, 4.69) is 53.4 Å². The minimum absolute atomic E-state index is 0.280. The van der Waals surface area contributed by atoms with E-state index in [1.165, 1.54) is 11.1 Å². The number of hydrogen-bond donors (Lipinski definition) is 1. The Labute approximate surface area is 114 Å². The molecule has 1 saturated heterocycles. The Balaban J connectivity index is 2.21. The van der Waals surface area contributed by atoms with Crippen LogP contribution >= 0.6 is 0 Å². The summed E-state index contributed by atoms with van der Waals surface area (Å²) in [4.78, 5) is 2.06. The first-order valence-corrected chi connectivity index (χ1v) is 6.66. The minimum Gasteiger partial charge on any atom is -0.363 e. The fourth-order valence-corrected chi connectivity index (χ4v) is 3.07. The third-order valence-electron chi connectivity index (χ3n) is 4.14. The molecular weight excluding hydrogens is 232 g/mol. The monoisotopic (exact) mass is 250 g/mol. The third kappa shape index (κ3) is 1.75. The van der Waals surface area contributed by atoms with Gasteiger partial charge in [0, 0.05) is 13.6 Å². The number of rotatable bonds is 2. The van der Waals surface area contributed by atoms with Crippen LogP contribution in [-0.4, -0.2) is 24.3 Å². The molecule has 1 N–H and O–H groups in total. The summed E-state index contributed by atoms with van der Waals surface area (Å²) in [7, 11) is 2.01. The number of likely N-dealkylation sites (tertiary alicyclic amines) is 1. The predicted molar refractivity (Wildman–Crippen MR) is 78.6 cm³/mol. The molecule has 1 aliphatic heterocycles. The van der Waals surface area contributed by atoms with E-state index in [1.54, 1.807) is 0 Å². The van der Waals surface area contributed by atoms with Crippen molar-refractivity contribution < 1.29 is 0 Å². The summed E-state index contributed by atoms with van der Waals surface area (Å²) >= 11 is 0. The van der Waals surface area contributed by atoms with E-state index < -0.39 is 0 Å². The lowest BCUT2D eigenvalue weighted by Gasteiger charge is -2.31. The molecule has 0 radical (unpaired) electrons. The zero-order valence-electron chi connectivity index (χ0n) is 11.1. The van der Waals surface area contributed by atoms with Crippen molar-refractivity contribution in [3.8, 4) is 0 Å². The molecule has 2 aromatic carbocycles. The van der Waals surface area contributed by atoms with Crippen LogP contribution in [0.1, 0.15) is 17.5 Å². The first-order chi connectivity index (χ1) is 9.25. The van der Waals surface area contributed by atoms with Gasteiger partial charge in [0.25, 0.3) is 0 Å². The molecule has 0 unspecified atom stereocenters. The molecule has 0 bridgehead atoms. The van der Waals surface area contributed by atoms with Gasteiger partial charge in [0.15, 0.2) is 0 Å². The molecular formula is C17H18N2. The van der Waals surface area contributed by atoms with Gasteiger partial charge in [0.1, 0.15) is 5.84 Å². The van der Waals surface area contributed by atoms with Gasteiger partial charge < -0.3 is 4.90 Å². The first kappa shape index (κ1) is 12.0. The average molecular weight is 250 g/mol. The number of nitrogens with one attached hydrogen (secondary N) is 1. The molecule has 96 valence electrons. The average Bonchev–Trinajstić information content (AvgIpc) is 2.78. The molecule has 0 amide bonds. The van der Waals surface area contributed by atoms with E-state index in [-0.39, 0.29) is 5.41 Å². The molecule has 0 aliphatic carbocycles. The van der Waals surface area contributed by atoms with Gasteiger partial charge >= 0.3 is 0 Å². The molecule has 1 heterocycles. The Kier molecular flexibility index (Phi) is 2.86. The van der Waals surface area contributed by atoms with Crippen molar-refractivity contribution in [2.24, 2.45) is 0 Å². The van der Waals surface area contributed by atoms with Crippen LogP contribution in [0.2, 0.25) is 0 Å². The lowest BCUT2D eigenvalue weighted by Crippen LogP contribution is -2.36. The van der Waals surface area contributed by atoms with Crippen molar-refractivity contribution in [1.82, 2.24) is 4.90 Å². The zero-order chi connectivity index (χ0) is 13.3. The third-order valence-corrected chi connectivity index (χ3v) is 4.14. The summed E-state index contributed by atoms with van der Waals surface area (Å²) in [5.41, 5.74) is 2.16. The Morgan fingerprint density at radius 3 is 1.74 bits per heavy atom. The number of amidine groups is 1. The standard InChI is InChI=1S/C17H18N2/c1-19-13-12-17(16(19)18,14-8-4-2-5-9-14)15-10-6-3-7-11-15/h2-11,18H,12-13H2,1H3. The summed E-state index contributed by atoms with van der Waals surface area (Å²) in [5.74, 6) is 0.699.